The lowest BCUT2D eigenvalue weighted by Gasteiger charge is -2.09. The van der Waals surface area contributed by atoms with E-state index in [1.165, 1.54) is 17.3 Å². The second-order valence-corrected chi connectivity index (χ2v) is 9.10. The van der Waals surface area contributed by atoms with Crippen molar-refractivity contribution in [3.63, 3.8) is 0 Å². The van der Waals surface area contributed by atoms with Gasteiger partial charge in [0.1, 0.15) is 5.82 Å². The van der Waals surface area contributed by atoms with E-state index in [-0.39, 0.29) is 11.7 Å². The van der Waals surface area contributed by atoms with E-state index in [2.05, 4.69) is 40.3 Å². The molecule has 0 spiro atoms. The van der Waals surface area contributed by atoms with Gasteiger partial charge in [-0.15, -0.1) is 28.5 Å². The Morgan fingerprint density at radius 3 is 2.56 bits per heavy atom. The second kappa shape index (κ2) is 11.0. The Balaban J connectivity index is 1.34. The molecule has 0 saturated heterocycles. The van der Waals surface area contributed by atoms with Crippen LogP contribution in [0.15, 0.2) is 90.6 Å². The van der Waals surface area contributed by atoms with E-state index >= 15 is 0 Å². The summed E-state index contributed by atoms with van der Waals surface area (Å²) in [6, 6.07) is 24.4. The van der Waals surface area contributed by atoms with E-state index < -0.39 is 0 Å². The van der Waals surface area contributed by atoms with Gasteiger partial charge in [-0.2, -0.15) is 0 Å². The lowest BCUT2D eigenvalue weighted by Crippen LogP contribution is -2.14. The minimum absolute atomic E-state index is 0.0709. The van der Waals surface area contributed by atoms with E-state index in [0.717, 1.165) is 38.9 Å². The monoisotopic (exact) mass is 460 g/mol. The first kappa shape index (κ1) is 22.2. The second-order valence-electron chi connectivity index (χ2n) is 7.18. The molecule has 0 aliphatic carbocycles. The minimum atomic E-state index is -0.0709. The standard InChI is InChI=1S/C25H24N4OS2/c1-2-14-29-23(17-31-16-19-8-4-3-5-9-19)27-28-25(29)32-18-24(30)26-22-13-12-20-10-6-7-11-21(20)15-22/h2-13,15H,1,14,16-18H2,(H,26,30). The maximum Gasteiger partial charge on any atom is 0.234 e. The third-order valence-electron chi connectivity index (χ3n) is 4.81. The maximum atomic E-state index is 12.5. The topological polar surface area (TPSA) is 59.8 Å². The molecule has 0 bridgehead atoms. The fourth-order valence-electron chi connectivity index (χ4n) is 3.27. The van der Waals surface area contributed by atoms with Crippen molar-refractivity contribution in [1.82, 2.24) is 14.8 Å². The zero-order chi connectivity index (χ0) is 22.2. The number of thioether (sulfide) groups is 2. The molecule has 162 valence electrons. The van der Waals surface area contributed by atoms with E-state index in [1.54, 1.807) is 11.8 Å². The first-order valence-electron chi connectivity index (χ1n) is 10.3. The highest BCUT2D eigenvalue weighted by Gasteiger charge is 2.14. The molecule has 0 aliphatic heterocycles. The Morgan fingerprint density at radius 1 is 0.969 bits per heavy atom. The summed E-state index contributed by atoms with van der Waals surface area (Å²) in [5.74, 6) is 2.75. The number of amides is 1. The van der Waals surface area contributed by atoms with Gasteiger partial charge in [0.05, 0.1) is 11.5 Å². The van der Waals surface area contributed by atoms with Crippen molar-refractivity contribution in [3.8, 4) is 0 Å². The van der Waals surface area contributed by atoms with Crippen LogP contribution in [0.1, 0.15) is 11.4 Å². The summed E-state index contributed by atoms with van der Waals surface area (Å²) >= 11 is 3.18. The molecule has 1 amide bonds. The number of aromatic nitrogens is 3. The molecule has 4 aromatic rings. The molecule has 0 aliphatic rings. The van der Waals surface area contributed by atoms with Gasteiger partial charge in [0, 0.05) is 18.0 Å². The van der Waals surface area contributed by atoms with Crippen LogP contribution in [-0.4, -0.2) is 26.4 Å². The zero-order valence-electron chi connectivity index (χ0n) is 17.6. The average molecular weight is 461 g/mol. The van der Waals surface area contributed by atoms with Gasteiger partial charge in [-0.25, -0.2) is 0 Å². The van der Waals surface area contributed by atoms with Crippen molar-refractivity contribution in [2.24, 2.45) is 0 Å². The number of hydrogen-bond donors (Lipinski definition) is 1. The van der Waals surface area contributed by atoms with E-state index in [9.17, 15) is 4.79 Å². The number of anilines is 1. The van der Waals surface area contributed by atoms with Crippen LogP contribution in [0.25, 0.3) is 10.8 Å². The van der Waals surface area contributed by atoms with Crippen molar-refractivity contribution >= 4 is 45.9 Å². The van der Waals surface area contributed by atoms with Crippen molar-refractivity contribution < 1.29 is 4.79 Å². The number of carbonyl (C=O) groups is 1. The number of benzene rings is 3. The SMILES string of the molecule is C=CCn1c(CSCc2ccccc2)nnc1SCC(=O)Nc1ccc2ccccc2c1. The Hall–Kier alpha value is -3.03. The highest BCUT2D eigenvalue weighted by atomic mass is 32.2. The predicted molar refractivity (Wildman–Crippen MR) is 135 cm³/mol. The van der Waals surface area contributed by atoms with Gasteiger partial charge in [0.25, 0.3) is 0 Å². The number of fused-ring (bicyclic) bond motifs is 1. The largest absolute Gasteiger partial charge is 0.325 e. The van der Waals surface area contributed by atoms with Crippen LogP contribution in [0.2, 0.25) is 0 Å². The number of hydrogen-bond acceptors (Lipinski definition) is 5. The summed E-state index contributed by atoms with van der Waals surface area (Å²) in [6.45, 7) is 4.46. The molecule has 1 N–H and O–H groups in total. The van der Waals surface area contributed by atoms with Gasteiger partial charge in [-0.3, -0.25) is 4.79 Å². The molecule has 4 rings (SSSR count). The third-order valence-corrected chi connectivity index (χ3v) is 6.78. The number of carbonyl (C=O) groups excluding carboxylic acids is 1. The molecule has 5 nitrogen and oxygen atoms in total. The Kier molecular flexibility index (Phi) is 7.64. The molecule has 0 fully saturated rings. The van der Waals surface area contributed by atoms with E-state index in [1.807, 2.05) is 65.2 Å². The number of rotatable bonds is 10. The van der Waals surface area contributed by atoms with Crippen LogP contribution in [0.3, 0.4) is 0 Å². The third kappa shape index (κ3) is 5.81. The molecule has 0 radical (unpaired) electrons. The van der Waals surface area contributed by atoms with Gasteiger partial charge >= 0.3 is 0 Å². The van der Waals surface area contributed by atoms with Gasteiger partial charge in [-0.05, 0) is 28.5 Å². The average Bonchev–Trinajstić information content (AvgIpc) is 3.20. The first-order valence-corrected chi connectivity index (χ1v) is 12.4. The zero-order valence-corrected chi connectivity index (χ0v) is 19.2. The molecule has 0 saturated carbocycles. The van der Waals surface area contributed by atoms with Crippen LogP contribution in [-0.2, 0) is 22.8 Å². The maximum absolute atomic E-state index is 12.5. The van der Waals surface area contributed by atoms with Crippen LogP contribution in [0.4, 0.5) is 5.69 Å². The smallest absolute Gasteiger partial charge is 0.234 e. The normalized spacial score (nSPS) is 10.9. The lowest BCUT2D eigenvalue weighted by atomic mass is 10.1. The van der Waals surface area contributed by atoms with Crippen molar-refractivity contribution in [2.45, 2.75) is 23.2 Å². The van der Waals surface area contributed by atoms with Crippen LogP contribution < -0.4 is 5.32 Å². The summed E-state index contributed by atoms with van der Waals surface area (Å²) in [7, 11) is 0. The molecule has 1 aromatic heterocycles. The van der Waals surface area contributed by atoms with Gasteiger partial charge in [0.15, 0.2) is 5.16 Å². The molecule has 7 heteroatoms. The summed E-state index contributed by atoms with van der Waals surface area (Å²) in [4.78, 5) is 12.5. The number of nitrogens with zero attached hydrogens (tertiary/aromatic N) is 3. The predicted octanol–water partition coefficient (Wildman–Crippen LogP) is 5.78. The summed E-state index contributed by atoms with van der Waals surface area (Å²) in [6.07, 6.45) is 1.83. The van der Waals surface area contributed by atoms with Crippen molar-refractivity contribution in [3.05, 3.63) is 96.8 Å². The molecule has 3 aromatic carbocycles. The fourth-order valence-corrected chi connectivity index (χ4v) is 4.97. The van der Waals surface area contributed by atoms with Gasteiger partial charge < -0.3 is 9.88 Å². The minimum Gasteiger partial charge on any atom is -0.325 e. The molecule has 0 atom stereocenters. The first-order chi connectivity index (χ1) is 15.7. The quantitative estimate of drug-likeness (QED) is 0.240. The van der Waals surface area contributed by atoms with Crippen molar-refractivity contribution in [1.29, 1.82) is 0 Å². The Bertz CT molecular complexity index is 1210. The Morgan fingerprint density at radius 2 is 1.75 bits per heavy atom. The fraction of sp³-hybridized carbons (Fsp3) is 0.160. The molecular weight excluding hydrogens is 436 g/mol. The number of allylic oxidation sites excluding steroid dienone is 1. The van der Waals surface area contributed by atoms with Crippen LogP contribution in [0.5, 0.6) is 0 Å². The molecular formula is C25H24N4OS2. The highest BCUT2D eigenvalue weighted by molar-refractivity contribution is 7.99. The van der Waals surface area contributed by atoms with Gasteiger partial charge in [0.2, 0.25) is 5.91 Å². The molecule has 0 unspecified atom stereocenters. The molecule has 1 heterocycles. The van der Waals surface area contributed by atoms with Crippen molar-refractivity contribution in [2.75, 3.05) is 11.1 Å². The Labute approximate surface area is 196 Å². The summed E-state index contributed by atoms with van der Waals surface area (Å²) in [5, 5.41) is 14.6. The highest BCUT2D eigenvalue weighted by Crippen LogP contribution is 2.23. The van der Waals surface area contributed by atoms with E-state index in [4.69, 9.17) is 0 Å². The van der Waals surface area contributed by atoms with E-state index in [0.29, 0.717) is 6.54 Å². The summed E-state index contributed by atoms with van der Waals surface area (Å²) < 4.78 is 2.03. The summed E-state index contributed by atoms with van der Waals surface area (Å²) in [5.41, 5.74) is 2.08. The van der Waals surface area contributed by atoms with Gasteiger partial charge in [-0.1, -0.05) is 78.5 Å². The molecule has 32 heavy (non-hydrogen) atoms. The van der Waals surface area contributed by atoms with Crippen LogP contribution >= 0.6 is 23.5 Å². The van der Waals surface area contributed by atoms with Crippen LogP contribution in [0, 0.1) is 0 Å². The number of nitrogens with one attached hydrogen (secondary N) is 1. The lowest BCUT2D eigenvalue weighted by molar-refractivity contribution is -0.113.